The van der Waals surface area contributed by atoms with Gasteiger partial charge in [0.05, 0.1) is 30.2 Å². The van der Waals surface area contributed by atoms with E-state index in [1.807, 2.05) is 4.68 Å². The fourth-order valence-corrected chi connectivity index (χ4v) is 5.22. The van der Waals surface area contributed by atoms with Crippen molar-refractivity contribution in [1.29, 1.82) is 0 Å². The highest BCUT2D eigenvalue weighted by Gasteiger charge is 2.37. The third-order valence-corrected chi connectivity index (χ3v) is 6.99. The molecule has 5 rings (SSSR count). The molecule has 2 aromatic heterocycles. The number of rotatable bonds is 4. The number of aromatic amines is 1. The summed E-state index contributed by atoms with van der Waals surface area (Å²) < 4.78 is 2.02. The number of hydrogen-bond donors (Lipinski definition) is 2. The van der Waals surface area contributed by atoms with Crippen molar-refractivity contribution >= 4 is 10.9 Å². The molecule has 1 atom stereocenters. The van der Waals surface area contributed by atoms with E-state index in [1.165, 1.54) is 36.1 Å². The average molecular weight is 394 g/mol. The molecule has 1 saturated heterocycles. The van der Waals surface area contributed by atoms with Crippen LogP contribution in [0.2, 0.25) is 0 Å². The number of aryl methyl sites for hydroxylation is 2. The van der Waals surface area contributed by atoms with E-state index in [2.05, 4.69) is 52.6 Å². The number of pyridine rings is 1. The maximum Gasteiger partial charge on any atom is 0.258 e. The lowest BCUT2D eigenvalue weighted by Gasteiger charge is -2.25. The molecule has 3 heterocycles. The smallest absolute Gasteiger partial charge is 0.258 e. The van der Waals surface area contributed by atoms with Gasteiger partial charge in [-0.15, -0.1) is 5.10 Å². The summed E-state index contributed by atoms with van der Waals surface area (Å²) in [4.78, 5) is 17.8. The number of nitrogens with zero attached hydrogens (tertiary/aromatic N) is 4. The first-order chi connectivity index (χ1) is 14.1. The molecule has 152 valence electrons. The van der Waals surface area contributed by atoms with Crippen molar-refractivity contribution in [2.45, 2.75) is 64.5 Å². The molecule has 0 amide bonds. The number of quaternary nitrogens is 1. The minimum Gasteiger partial charge on any atom is -0.322 e. The van der Waals surface area contributed by atoms with Crippen LogP contribution >= 0.6 is 0 Å². The number of benzene rings is 1. The van der Waals surface area contributed by atoms with Gasteiger partial charge in [0.25, 0.3) is 5.56 Å². The highest BCUT2D eigenvalue weighted by Crippen LogP contribution is 2.31. The number of H-pyrrole nitrogens is 1. The number of aromatic nitrogens is 5. The van der Waals surface area contributed by atoms with Crippen LogP contribution in [0.15, 0.2) is 23.0 Å². The van der Waals surface area contributed by atoms with Crippen LogP contribution in [0.3, 0.4) is 0 Å². The summed E-state index contributed by atoms with van der Waals surface area (Å²) in [6.45, 7) is 6.24. The summed E-state index contributed by atoms with van der Waals surface area (Å²) in [5, 5.41) is 13.9. The molecule has 0 unspecified atom stereocenters. The summed E-state index contributed by atoms with van der Waals surface area (Å²) in [6, 6.07) is 6.54. The molecule has 0 spiro atoms. The van der Waals surface area contributed by atoms with Crippen molar-refractivity contribution in [2.75, 3.05) is 13.1 Å². The van der Waals surface area contributed by atoms with Gasteiger partial charge >= 0.3 is 0 Å². The van der Waals surface area contributed by atoms with Gasteiger partial charge in [-0.05, 0) is 59.7 Å². The number of tetrazole rings is 1. The van der Waals surface area contributed by atoms with Crippen LogP contribution in [-0.4, -0.2) is 38.3 Å². The van der Waals surface area contributed by atoms with Crippen molar-refractivity contribution in [3.63, 3.8) is 0 Å². The van der Waals surface area contributed by atoms with Gasteiger partial charge in [0, 0.05) is 12.8 Å². The summed E-state index contributed by atoms with van der Waals surface area (Å²) in [6.07, 6.45) is 7.04. The average Bonchev–Trinajstić information content (AvgIpc) is 3.48. The topological polar surface area (TPSA) is 80.9 Å². The van der Waals surface area contributed by atoms with Crippen LogP contribution in [0.1, 0.15) is 73.1 Å². The molecule has 1 aromatic carbocycles. The van der Waals surface area contributed by atoms with E-state index in [9.17, 15) is 4.79 Å². The monoisotopic (exact) mass is 393 g/mol. The second-order valence-corrected chi connectivity index (χ2v) is 8.74. The molecule has 7 nitrogen and oxygen atoms in total. The van der Waals surface area contributed by atoms with Crippen molar-refractivity contribution < 1.29 is 4.90 Å². The van der Waals surface area contributed by atoms with Crippen LogP contribution in [-0.2, 0) is 0 Å². The van der Waals surface area contributed by atoms with Crippen LogP contribution in [0.25, 0.3) is 10.9 Å². The highest BCUT2D eigenvalue weighted by molar-refractivity contribution is 5.83. The first kappa shape index (κ1) is 18.5. The fraction of sp³-hybridized carbons (Fsp3) is 0.545. The van der Waals surface area contributed by atoms with Gasteiger partial charge in [0.1, 0.15) is 0 Å². The van der Waals surface area contributed by atoms with Gasteiger partial charge in [-0.2, -0.15) is 0 Å². The van der Waals surface area contributed by atoms with Crippen molar-refractivity contribution in [3.8, 4) is 0 Å². The third-order valence-electron chi connectivity index (χ3n) is 6.99. The SMILES string of the molecule is Cc1ccc2cc([C@H](c3nnnn3C3CCCC3)[NH+]3CCCC3)c(=O)[nH]c2c1C. The Morgan fingerprint density at radius 3 is 2.66 bits per heavy atom. The Labute approximate surface area is 170 Å². The van der Waals surface area contributed by atoms with E-state index in [4.69, 9.17) is 0 Å². The van der Waals surface area contributed by atoms with E-state index in [-0.39, 0.29) is 11.6 Å². The second-order valence-electron chi connectivity index (χ2n) is 8.74. The lowest BCUT2D eigenvalue weighted by molar-refractivity contribution is -0.914. The zero-order valence-electron chi connectivity index (χ0n) is 17.2. The summed E-state index contributed by atoms with van der Waals surface area (Å²) >= 11 is 0. The standard InChI is InChI=1S/C22H28N6O/c1-14-9-10-16-13-18(22(29)23-19(16)15(14)2)20(27-11-5-6-12-27)21-24-25-26-28(21)17-7-3-4-8-17/h9-10,13,17,20H,3-8,11-12H2,1-2H3,(H,23,29)/p+1/t20-/m1/s1. The number of likely N-dealkylation sites (tertiary alicyclic amines) is 1. The molecule has 2 aliphatic rings. The number of nitrogens with one attached hydrogen (secondary N) is 2. The van der Waals surface area contributed by atoms with Crippen LogP contribution in [0, 0.1) is 13.8 Å². The summed E-state index contributed by atoms with van der Waals surface area (Å²) in [5.41, 5.74) is 4.02. The van der Waals surface area contributed by atoms with Gasteiger partial charge in [0.2, 0.25) is 5.82 Å². The molecule has 1 aliphatic carbocycles. The fourth-order valence-electron chi connectivity index (χ4n) is 5.22. The van der Waals surface area contributed by atoms with Crippen molar-refractivity contribution in [2.24, 2.45) is 0 Å². The maximum absolute atomic E-state index is 13.3. The number of hydrogen-bond acceptors (Lipinski definition) is 4. The van der Waals surface area contributed by atoms with Crippen LogP contribution in [0.5, 0.6) is 0 Å². The zero-order chi connectivity index (χ0) is 20.0. The quantitative estimate of drug-likeness (QED) is 0.711. The first-order valence-electron chi connectivity index (χ1n) is 10.9. The molecular weight excluding hydrogens is 364 g/mol. The van der Waals surface area contributed by atoms with Gasteiger partial charge in [-0.3, -0.25) is 4.79 Å². The Balaban J connectivity index is 1.67. The van der Waals surface area contributed by atoms with E-state index in [1.54, 1.807) is 0 Å². The highest BCUT2D eigenvalue weighted by atomic mass is 16.1. The summed E-state index contributed by atoms with van der Waals surface area (Å²) in [5.74, 6) is 0.850. The predicted octanol–water partition coefficient (Wildman–Crippen LogP) is 2.01. The van der Waals surface area contributed by atoms with Crippen molar-refractivity contribution in [3.05, 3.63) is 51.1 Å². The molecule has 1 aliphatic heterocycles. The molecule has 2 N–H and O–H groups in total. The van der Waals surface area contributed by atoms with Crippen LogP contribution < -0.4 is 10.5 Å². The Bertz CT molecular complexity index is 1090. The lowest BCUT2D eigenvalue weighted by atomic mass is 10.00. The van der Waals surface area contributed by atoms with Gasteiger partial charge in [-0.1, -0.05) is 25.0 Å². The Morgan fingerprint density at radius 1 is 1.14 bits per heavy atom. The summed E-state index contributed by atoms with van der Waals surface area (Å²) in [7, 11) is 0. The second kappa shape index (κ2) is 7.37. The minimum atomic E-state index is -0.122. The largest absolute Gasteiger partial charge is 0.322 e. The lowest BCUT2D eigenvalue weighted by Crippen LogP contribution is -3.10. The van der Waals surface area contributed by atoms with E-state index < -0.39 is 0 Å². The molecule has 1 saturated carbocycles. The zero-order valence-corrected chi connectivity index (χ0v) is 17.2. The molecule has 0 radical (unpaired) electrons. The molecule has 0 bridgehead atoms. The Kier molecular flexibility index (Phi) is 4.70. The maximum atomic E-state index is 13.3. The van der Waals surface area contributed by atoms with Gasteiger partial charge in [-0.25, -0.2) is 4.68 Å². The Hall–Kier alpha value is -2.54. The normalized spacial score (nSPS) is 19.4. The first-order valence-corrected chi connectivity index (χ1v) is 10.9. The molecular formula is C22H29N6O+. The minimum absolute atomic E-state index is 0.0171. The van der Waals surface area contributed by atoms with Gasteiger partial charge in [0.15, 0.2) is 6.04 Å². The Morgan fingerprint density at radius 2 is 1.90 bits per heavy atom. The van der Waals surface area contributed by atoms with E-state index in [0.29, 0.717) is 6.04 Å². The van der Waals surface area contributed by atoms with Crippen LogP contribution in [0.4, 0.5) is 0 Å². The van der Waals surface area contributed by atoms with Crippen molar-refractivity contribution in [1.82, 2.24) is 25.2 Å². The predicted molar refractivity (Wildman–Crippen MR) is 111 cm³/mol. The molecule has 2 fully saturated rings. The molecule has 3 aromatic rings. The van der Waals surface area contributed by atoms with Gasteiger partial charge < -0.3 is 9.88 Å². The van der Waals surface area contributed by atoms with E-state index >= 15 is 0 Å². The third kappa shape index (κ3) is 3.17. The number of fused-ring (bicyclic) bond motifs is 1. The molecule has 29 heavy (non-hydrogen) atoms. The molecule has 7 heteroatoms. The van der Waals surface area contributed by atoms with E-state index in [0.717, 1.165) is 53.8 Å².